The molecule has 11 rings (SSSR count). The predicted octanol–water partition coefficient (Wildman–Crippen LogP) is 17.1. The van der Waals surface area contributed by atoms with Gasteiger partial charge in [0, 0.05) is 27.7 Å². The first-order valence-corrected chi connectivity index (χ1v) is 21.2. The number of rotatable bonds is 9. The highest BCUT2D eigenvalue weighted by Crippen LogP contribution is 2.46. The van der Waals surface area contributed by atoms with Crippen LogP contribution in [0.5, 0.6) is 0 Å². The van der Waals surface area contributed by atoms with E-state index in [2.05, 4.69) is 241 Å². The Balaban J connectivity index is 1.02. The normalized spacial score (nSPS) is 11.2. The van der Waals surface area contributed by atoms with E-state index in [1.165, 1.54) is 50.1 Å². The van der Waals surface area contributed by atoms with Crippen molar-refractivity contribution < 1.29 is 4.42 Å². The second-order valence-corrected chi connectivity index (χ2v) is 15.7. The predicted molar refractivity (Wildman–Crippen MR) is 261 cm³/mol. The molecule has 1 heterocycles. The lowest BCUT2D eigenvalue weighted by Gasteiger charge is -2.29. The molecule has 0 bridgehead atoms. The molecule has 1 aromatic heterocycles. The van der Waals surface area contributed by atoms with Crippen molar-refractivity contribution in [3.63, 3.8) is 0 Å². The third kappa shape index (κ3) is 6.94. The van der Waals surface area contributed by atoms with Gasteiger partial charge in [-0.2, -0.15) is 0 Å². The van der Waals surface area contributed by atoms with Crippen molar-refractivity contribution in [2.24, 2.45) is 0 Å². The quantitative estimate of drug-likeness (QED) is 0.145. The summed E-state index contributed by atoms with van der Waals surface area (Å²) in [7, 11) is 0. The van der Waals surface area contributed by atoms with Crippen molar-refractivity contribution in [3.8, 4) is 66.8 Å². The molecule has 0 fully saturated rings. The van der Waals surface area contributed by atoms with Crippen LogP contribution in [-0.4, -0.2) is 0 Å². The standard InChI is InChI=1S/C60H41NO/c1-3-15-42(16-4-1)43-27-29-44(30-28-43)45-31-36-49(37-32-45)61(50-38-33-46(34-39-50)48-35-40-60-57(41-48)56-24-12-14-26-59(56)62-60)58-25-13-11-23-55(58)54-22-10-9-21-53(54)52-20-8-7-19-51(52)47-17-5-2-6-18-47/h1-41H. The van der Waals surface area contributed by atoms with E-state index < -0.39 is 0 Å². The van der Waals surface area contributed by atoms with Crippen LogP contribution in [-0.2, 0) is 0 Å². The van der Waals surface area contributed by atoms with Crippen molar-refractivity contribution in [1.29, 1.82) is 0 Å². The van der Waals surface area contributed by atoms with E-state index in [0.717, 1.165) is 55.7 Å². The minimum Gasteiger partial charge on any atom is -0.456 e. The highest BCUT2D eigenvalue weighted by Gasteiger charge is 2.21. The van der Waals surface area contributed by atoms with Crippen molar-refractivity contribution in [3.05, 3.63) is 249 Å². The molecule has 0 saturated carbocycles. The summed E-state index contributed by atoms with van der Waals surface area (Å²) < 4.78 is 6.16. The zero-order valence-electron chi connectivity index (χ0n) is 34.0. The zero-order valence-corrected chi connectivity index (χ0v) is 34.0. The molecule has 0 amide bonds. The summed E-state index contributed by atoms with van der Waals surface area (Å²) in [5.74, 6) is 0. The molecular weight excluding hydrogens is 751 g/mol. The Morgan fingerprint density at radius 1 is 0.242 bits per heavy atom. The molecule has 0 atom stereocenters. The molecule has 62 heavy (non-hydrogen) atoms. The van der Waals surface area contributed by atoms with Gasteiger partial charge >= 0.3 is 0 Å². The van der Waals surface area contributed by atoms with E-state index in [9.17, 15) is 0 Å². The highest BCUT2D eigenvalue weighted by molar-refractivity contribution is 6.06. The highest BCUT2D eigenvalue weighted by atomic mass is 16.3. The molecule has 0 aliphatic heterocycles. The molecule has 0 aliphatic rings. The first-order chi connectivity index (χ1) is 30.7. The van der Waals surface area contributed by atoms with Crippen LogP contribution in [0.4, 0.5) is 17.1 Å². The average Bonchev–Trinajstić information content (AvgIpc) is 3.73. The van der Waals surface area contributed by atoms with Gasteiger partial charge in [0.2, 0.25) is 0 Å². The van der Waals surface area contributed by atoms with E-state index >= 15 is 0 Å². The van der Waals surface area contributed by atoms with Crippen molar-refractivity contribution in [1.82, 2.24) is 0 Å². The number of nitrogens with zero attached hydrogens (tertiary/aromatic N) is 1. The molecule has 11 aromatic rings. The van der Waals surface area contributed by atoms with Crippen LogP contribution in [0, 0.1) is 0 Å². The largest absolute Gasteiger partial charge is 0.456 e. The van der Waals surface area contributed by atoms with Gasteiger partial charge in [0.15, 0.2) is 0 Å². The second-order valence-electron chi connectivity index (χ2n) is 15.7. The summed E-state index contributed by atoms with van der Waals surface area (Å²) in [6.07, 6.45) is 0. The maximum Gasteiger partial charge on any atom is 0.135 e. The Morgan fingerprint density at radius 2 is 0.629 bits per heavy atom. The summed E-state index contributed by atoms with van der Waals surface area (Å²) in [5, 5.41) is 2.26. The van der Waals surface area contributed by atoms with E-state index in [0.29, 0.717) is 0 Å². The molecule has 2 heteroatoms. The molecule has 2 nitrogen and oxygen atoms in total. The number of benzene rings is 10. The van der Waals surface area contributed by atoms with Crippen LogP contribution in [0.2, 0.25) is 0 Å². The molecule has 10 aromatic carbocycles. The summed E-state index contributed by atoms with van der Waals surface area (Å²) in [6, 6.07) is 89.1. The number of anilines is 3. The maximum atomic E-state index is 6.16. The lowest BCUT2D eigenvalue weighted by atomic mass is 9.88. The van der Waals surface area contributed by atoms with E-state index in [1.807, 2.05) is 12.1 Å². The monoisotopic (exact) mass is 791 g/mol. The number of hydrogen-bond acceptors (Lipinski definition) is 2. The maximum absolute atomic E-state index is 6.16. The van der Waals surface area contributed by atoms with Gasteiger partial charge in [0.25, 0.3) is 0 Å². The number of hydrogen-bond donors (Lipinski definition) is 0. The van der Waals surface area contributed by atoms with E-state index in [4.69, 9.17) is 4.42 Å². The summed E-state index contributed by atoms with van der Waals surface area (Å²) in [5.41, 5.74) is 19.2. The topological polar surface area (TPSA) is 16.4 Å². The van der Waals surface area contributed by atoms with Crippen LogP contribution >= 0.6 is 0 Å². The number of furan rings is 1. The molecule has 292 valence electrons. The summed E-state index contributed by atoms with van der Waals surface area (Å²) in [6.45, 7) is 0. The van der Waals surface area contributed by atoms with Gasteiger partial charge in [0.1, 0.15) is 11.2 Å². The SMILES string of the molecule is c1ccc(-c2ccc(-c3ccc(N(c4ccc(-c5ccc6oc7ccccc7c6c5)cc4)c4ccccc4-c4ccccc4-c4ccccc4-c4ccccc4)cc3)cc2)cc1. The Kier molecular flexibility index (Phi) is 9.57. The third-order valence-corrected chi connectivity index (χ3v) is 12.0. The molecule has 0 unspecified atom stereocenters. The van der Waals surface area contributed by atoms with Crippen molar-refractivity contribution >= 4 is 39.0 Å². The Hall–Kier alpha value is -8.20. The molecule has 0 spiro atoms. The summed E-state index contributed by atoms with van der Waals surface area (Å²) in [4.78, 5) is 2.40. The Labute approximate surface area is 362 Å². The Bertz CT molecular complexity index is 3310. The minimum atomic E-state index is 0.900. The van der Waals surface area contributed by atoms with Crippen LogP contribution < -0.4 is 4.90 Å². The Morgan fingerprint density at radius 3 is 1.24 bits per heavy atom. The number of fused-ring (bicyclic) bond motifs is 3. The van der Waals surface area contributed by atoms with Crippen LogP contribution in [0.25, 0.3) is 88.7 Å². The van der Waals surface area contributed by atoms with Gasteiger partial charge in [-0.3, -0.25) is 0 Å². The fourth-order valence-electron chi connectivity index (χ4n) is 8.86. The lowest BCUT2D eigenvalue weighted by molar-refractivity contribution is 0.669. The minimum absolute atomic E-state index is 0.900. The lowest BCUT2D eigenvalue weighted by Crippen LogP contribution is -2.11. The zero-order chi connectivity index (χ0) is 41.2. The second kappa shape index (κ2) is 16.1. The van der Waals surface area contributed by atoms with E-state index in [1.54, 1.807) is 0 Å². The van der Waals surface area contributed by atoms with Gasteiger partial charge < -0.3 is 9.32 Å². The molecule has 0 N–H and O–H groups in total. The average molecular weight is 792 g/mol. The van der Waals surface area contributed by atoms with Gasteiger partial charge in [-0.1, -0.05) is 200 Å². The third-order valence-electron chi connectivity index (χ3n) is 12.0. The molecule has 0 radical (unpaired) electrons. The molecule has 0 aliphatic carbocycles. The first-order valence-electron chi connectivity index (χ1n) is 21.2. The number of para-hydroxylation sites is 2. The van der Waals surface area contributed by atoms with Gasteiger partial charge in [-0.05, 0) is 110 Å². The molecule has 0 saturated heterocycles. The van der Waals surface area contributed by atoms with E-state index in [-0.39, 0.29) is 0 Å². The summed E-state index contributed by atoms with van der Waals surface area (Å²) >= 11 is 0. The van der Waals surface area contributed by atoms with Crippen LogP contribution in [0.1, 0.15) is 0 Å². The van der Waals surface area contributed by atoms with Gasteiger partial charge in [0.05, 0.1) is 5.69 Å². The van der Waals surface area contributed by atoms with Crippen molar-refractivity contribution in [2.45, 2.75) is 0 Å². The first kappa shape index (κ1) is 36.8. The molecular formula is C60H41NO. The van der Waals surface area contributed by atoms with Gasteiger partial charge in [-0.15, -0.1) is 0 Å². The van der Waals surface area contributed by atoms with Crippen LogP contribution in [0.3, 0.4) is 0 Å². The van der Waals surface area contributed by atoms with Crippen molar-refractivity contribution in [2.75, 3.05) is 4.90 Å². The smallest absolute Gasteiger partial charge is 0.135 e. The fraction of sp³-hybridized carbons (Fsp3) is 0. The van der Waals surface area contributed by atoms with Crippen LogP contribution in [0.15, 0.2) is 253 Å². The fourth-order valence-corrected chi connectivity index (χ4v) is 8.86. The van der Waals surface area contributed by atoms with Gasteiger partial charge in [-0.25, -0.2) is 0 Å².